The monoisotopic (exact) mass is 202 g/mol. The molecule has 0 aliphatic heterocycles. The van der Waals surface area contributed by atoms with Crippen LogP contribution in [0.25, 0.3) is 0 Å². The van der Waals surface area contributed by atoms with E-state index < -0.39 is 0 Å². The Morgan fingerprint density at radius 1 is 1.07 bits per heavy atom. The Hall–Kier alpha value is -0.0800. The molecule has 0 radical (unpaired) electrons. The van der Waals surface area contributed by atoms with E-state index in [-0.39, 0.29) is 6.61 Å². The zero-order valence-corrected chi connectivity index (χ0v) is 9.80. The second-order valence-corrected chi connectivity index (χ2v) is 4.08. The van der Waals surface area contributed by atoms with Gasteiger partial charge in [-0.3, -0.25) is 0 Å². The zero-order valence-electron chi connectivity index (χ0n) is 9.80. The molecule has 0 rings (SSSR count). The fraction of sp³-hybridized carbons (Fsp3) is 1.00. The third kappa shape index (κ3) is 10.0. The zero-order chi connectivity index (χ0) is 10.6. The van der Waals surface area contributed by atoms with Gasteiger partial charge in [-0.1, -0.05) is 39.5 Å². The highest BCUT2D eigenvalue weighted by molar-refractivity contribution is 4.53. The summed E-state index contributed by atoms with van der Waals surface area (Å²) in [4.78, 5) is 0. The van der Waals surface area contributed by atoms with Crippen molar-refractivity contribution < 1.29 is 9.84 Å². The summed E-state index contributed by atoms with van der Waals surface area (Å²) in [5, 5.41) is 8.49. The molecule has 0 aliphatic rings. The molecule has 2 nitrogen and oxygen atoms in total. The number of aliphatic hydroxyl groups is 1. The molecule has 0 amide bonds. The van der Waals surface area contributed by atoms with Crippen LogP contribution in [0.5, 0.6) is 0 Å². The minimum absolute atomic E-state index is 0.145. The average Bonchev–Trinajstić information content (AvgIpc) is 2.18. The standard InChI is InChI=1S/C12H26O2/c1-3-4-5-7-12(2)8-6-10-14-11-9-13/h12-13H,3-11H2,1-2H3. The summed E-state index contributed by atoms with van der Waals surface area (Å²) in [7, 11) is 0. The Bertz CT molecular complexity index is 104. The summed E-state index contributed by atoms with van der Waals surface area (Å²) in [5.74, 6) is 0.833. The van der Waals surface area contributed by atoms with Gasteiger partial charge in [-0.25, -0.2) is 0 Å². The van der Waals surface area contributed by atoms with Crippen LogP contribution in [0.4, 0.5) is 0 Å². The summed E-state index contributed by atoms with van der Waals surface area (Å²) < 4.78 is 5.21. The lowest BCUT2D eigenvalue weighted by atomic mass is 9.98. The van der Waals surface area contributed by atoms with Crippen molar-refractivity contribution in [2.45, 2.75) is 52.4 Å². The van der Waals surface area contributed by atoms with Gasteiger partial charge in [0.1, 0.15) is 0 Å². The minimum Gasteiger partial charge on any atom is -0.394 e. The highest BCUT2D eigenvalue weighted by atomic mass is 16.5. The molecule has 86 valence electrons. The minimum atomic E-state index is 0.145. The van der Waals surface area contributed by atoms with Crippen molar-refractivity contribution in [2.24, 2.45) is 5.92 Å². The molecule has 1 atom stereocenters. The Morgan fingerprint density at radius 3 is 2.43 bits per heavy atom. The molecule has 0 aromatic rings. The SMILES string of the molecule is CCCCCC(C)CCCOCCO. The van der Waals surface area contributed by atoms with Crippen molar-refractivity contribution in [1.29, 1.82) is 0 Å². The topological polar surface area (TPSA) is 29.5 Å². The van der Waals surface area contributed by atoms with Crippen LogP contribution >= 0.6 is 0 Å². The third-order valence-corrected chi connectivity index (χ3v) is 2.52. The molecule has 0 saturated carbocycles. The van der Waals surface area contributed by atoms with Crippen molar-refractivity contribution in [3.05, 3.63) is 0 Å². The number of unbranched alkanes of at least 4 members (excludes halogenated alkanes) is 2. The number of ether oxygens (including phenoxy) is 1. The first kappa shape index (κ1) is 13.9. The van der Waals surface area contributed by atoms with Crippen LogP contribution in [0.2, 0.25) is 0 Å². The summed E-state index contributed by atoms with van der Waals surface area (Å²) in [5.41, 5.74) is 0. The van der Waals surface area contributed by atoms with Crippen molar-refractivity contribution >= 4 is 0 Å². The van der Waals surface area contributed by atoms with E-state index in [2.05, 4.69) is 13.8 Å². The maximum Gasteiger partial charge on any atom is 0.0697 e. The summed E-state index contributed by atoms with van der Waals surface area (Å²) in [6.07, 6.45) is 7.79. The van der Waals surface area contributed by atoms with Crippen LogP contribution in [0.3, 0.4) is 0 Å². The van der Waals surface area contributed by atoms with E-state index >= 15 is 0 Å². The van der Waals surface area contributed by atoms with Crippen LogP contribution < -0.4 is 0 Å². The molecule has 0 fully saturated rings. The second kappa shape index (κ2) is 11.0. The first-order valence-electron chi connectivity index (χ1n) is 5.99. The third-order valence-electron chi connectivity index (χ3n) is 2.52. The molecular weight excluding hydrogens is 176 g/mol. The van der Waals surface area contributed by atoms with Gasteiger partial charge in [0.05, 0.1) is 13.2 Å². The first-order valence-corrected chi connectivity index (χ1v) is 5.99. The van der Waals surface area contributed by atoms with Crippen molar-refractivity contribution in [3.8, 4) is 0 Å². The number of rotatable bonds is 10. The van der Waals surface area contributed by atoms with E-state index in [1.807, 2.05) is 0 Å². The molecule has 0 bridgehead atoms. The van der Waals surface area contributed by atoms with Gasteiger partial charge in [-0.2, -0.15) is 0 Å². The fourth-order valence-corrected chi connectivity index (χ4v) is 1.59. The molecule has 14 heavy (non-hydrogen) atoms. The molecular formula is C12H26O2. The van der Waals surface area contributed by atoms with Gasteiger partial charge in [0.25, 0.3) is 0 Å². The lowest BCUT2D eigenvalue weighted by Crippen LogP contribution is -2.03. The number of aliphatic hydroxyl groups excluding tert-OH is 1. The maximum absolute atomic E-state index is 8.49. The Morgan fingerprint density at radius 2 is 1.79 bits per heavy atom. The van der Waals surface area contributed by atoms with Crippen molar-refractivity contribution in [3.63, 3.8) is 0 Å². The van der Waals surface area contributed by atoms with Gasteiger partial charge in [-0.05, 0) is 18.8 Å². The van der Waals surface area contributed by atoms with Crippen LogP contribution in [-0.2, 0) is 4.74 Å². The average molecular weight is 202 g/mol. The quantitative estimate of drug-likeness (QED) is 0.552. The van der Waals surface area contributed by atoms with Gasteiger partial charge in [0, 0.05) is 6.61 Å². The molecule has 0 aliphatic carbocycles. The van der Waals surface area contributed by atoms with Crippen LogP contribution in [0.1, 0.15) is 52.4 Å². The number of hydrogen-bond donors (Lipinski definition) is 1. The van der Waals surface area contributed by atoms with E-state index in [9.17, 15) is 0 Å². The first-order chi connectivity index (χ1) is 6.81. The van der Waals surface area contributed by atoms with E-state index in [1.54, 1.807) is 0 Å². The molecule has 1 unspecified atom stereocenters. The molecule has 1 N–H and O–H groups in total. The van der Waals surface area contributed by atoms with Gasteiger partial charge in [0.2, 0.25) is 0 Å². The Kier molecular flexibility index (Phi) is 10.9. The van der Waals surface area contributed by atoms with Gasteiger partial charge < -0.3 is 9.84 Å². The summed E-state index contributed by atoms with van der Waals surface area (Å²) in [6.45, 7) is 6.00. The molecule has 0 heterocycles. The number of hydrogen-bond acceptors (Lipinski definition) is 2. The molecule has 2 heteroatoms. The molecule has 0 aromatic carbocycles. The predicted octanol–water partition coefficient (Wildman–Crippen LogP) is 2.99. The molecule has 0 saturated heterocycles. The van der Waals surface area contributed by atoms with Gasteiger partial charge in [0.15, 0.2) is 0 Å². The summed E-state index contributed by atoms with van der Waals surface area (Å²) >= 11 is 0. The molecule has 0 aromatic heterocycles. The van der Waals surface area contributed by atoms with Crippen LogP contribution in [0, 0.1) is 5.92 Å². The highest BCUT2D eigenvalue weighted by Crippen LogP contribution is 2.14. The van der Waals surface area contributed by atoms with Crippen LogP contribution in [0.15, 0.2) is 0 Å². The predicted molar refractivity (Wildman–Crippen MR) is 60.4 cm³/mol. The largest absolute Gasteiger partial charge is 0.394 e. The Labute approximate surface area is 88.7 Å². The fourth-order valence-electron chi connectivity index (χ4n) is 1.59. The van der Waals surface area contributed by atoms with Gasteiger partial charge in [-0.15, -0.1) is 0 Å². The second-order valence-electron chi connectivity index (χ2n) is 4.08. The van der Waals surface area contributed by atoms with Gasteiger partial charge >= 0.3 is 0 Å². The van der Waals surface area contributed by atoms with Crippen molar-refractivity contribution in [2.75, 3.05) is 19.8 Å². The smallest absolute Gasteiger partial charge is 0.0697 e. The highest BCUT2D eigenvalue weighted by Gasteiger charge is 2.01. The van der Waals surface area contributed by atoms with Crippen molar-refractivity contribution in [1.82, 2.24) is 0 Å². The van der Waals surface area contributed by atoms with E-state index in [1.165, 1.54) is 32.1 Å². The maximum atomic E-state index is 8.49. The summed E-state index contributed by atoms with van der Waals surface area (Å²) in [6, 6.07) is 0. The molecule has 0 spiro atoms. The lowest BCUT2D eigenvalue weighted by Gasteiger charge is -2.10. The van der Waals surface area contributed by atoms with Crippen LogP contribution in [-0.4, -0.2) is 24.9 Å². The lowest BCUT2D eigenvalue weighted by molar-refractivity contribution is 0.0877. The van der Waals surface area contributed by atoms with E-state index in [4.69, 9.17) is 9.84 Å². The normalized spacial score (nSPS) is 13.1. The van der Waals surface area contributed by atoms with E-state index in [0.29, 0.717) is 6.61 Å². The Balaban J connectivity index is 3.06. The van der Waals surface area contributed by atoms with E-state index in [0.717, 1.165) is 18.9 Å².